The average Bonchev–Trinajstić information content (AvgIpc) is 3.43. The largest absolute Gasteiger partial charge is 0.480 e. The number of fused-ring (bicyclic) bond motifs is 1. The van der Waals surface area contributed by atoms with Gasteiger partial charge < -0.3 is 49.0 Å². The number of amides is 4. The Morgan fingerprint density at radius 1 is 0.783 bits per heavy atom. The number of nitrogens with one attached hydrogen (secondary N) is 4. The van der Waals surface area contributed by atoms with Crippen LogP contribution in [0.1, 0.15) is 36.8 Å². The van der Waals surface area contributed by atoms with Crippen molar-refractivity contribution in [2.75, 3.05) is 6.54 Å². The predicted octanol–water partition coefficient (Wildman–Crippen LogP) is -0.861. The fourth-order valence-electron chi connectivity index (χ4n) is 4.81. The van der Waals surface area contributed by atoms with Crippen LogP contribution in [0.2, 0.25) is 0 Å². The zero-order valence-electron chi connectivity index (χ0n) is 25.3. The molecular formula is C31H41N9O6. The number of nitrogens with zero attached hydrogens (tertiary/aromatic N) is 1. The molecule has 1 aromatic heterocycles. The first-order chi connectivity index (χ1) is 21.9. The summed E-state index contributed by atoms with van der Waals surface area (Å²) in [6.07, 6.45) is 1.88. The van der Waals surface area contributed by atoms with Crippen molar-refractivity contribution in [2.24, 2.45) is 27.9 Å². The van der Waals surface area contributed by atoms with Gasteiger partial charge in [-0.25, -0.2) is 4.79 Å². The number of primary amides is 1. The van der Waals surface area contributed by atoms with Crippen LogP contribution in [0.4, 0.5) is 0 Å². The Labute approximate surface area is 265 Å². The van der Waals surface area contributed by atoms with Crippen molar-refractivity contribution in [3.63, 3.8) is 0 Å². The van der Waals surface area contributed by atoms with E-state index in [1.165, 1.54) is 0 Å². The molecule has 3 aromatic rings. The second-order valence-corrected chi connectivity index (χ2v) is 10.8. The maximum Gasteiger partial charge on any atom is 0.326 e. The topological polar surface area (TPSA) is 274 Å². The van der Waals surface area contributed by atoms with Crippen molar-refractivity contribution in [1.82, 2.24) is 20.9 Å². The number of hydrogen-bond acceptors (Lipinski definition) is 7. The molecule has 4 amide bonds. The lowest BCUT2D eigenvalue weighted by Crippen LogP contribution is -2.58. The van der Waals surface area contributed by atoms with Crippen molar-refractivity contribution in [3.05, 3.63) is 71.9 Å². The van der Waals surface area contributed by atoms with Gasteiger partial charge in [-0.3, -0.25) is 24.2 Å². The molecule has 0 aliphatic heterocycles. The number of hydrogen-bond donors (Lipinski definition) is 9. The number of carboxylic acids is 1. The first kappa shape index (κ1) is 35.0. The van der Waals surface area contributed by atoms with E-state index in [9.17, 15) is 29.1 Å². The molecule has 15 heteroatoms. The number of rotatable bonds is 18. The number of carbonyl (C=O) groups excluding carboxylic acids is 4. The monoisotopic (exact) mass is 635 g/mol. The smallest absolute Gasteiger partial charge is 0.326 e. The number of carbonyl (C=O) groups is 5. The Bertz CT molecular complexity index is 1540. The van der Waals surface area contributed by atoms with Crippen LogP contribution >= 0.6 is 0 Å². The first-order valence-electron chi connectivity index (χ1n) is 14.8. The van der Waals surface area contributed by atoms with E-state index in [0.29, 0.717) is 17.5 Å². The molecule has 0 bridgehead atoms. The number of aromatic amines is 1. The molecular weight excluding hydrogens is 594 g/mol. The Balaban J connectivity index is 1.82. The summed E-state index contributed by atoms with van der Waals surface area (Å²) < 4.78 is 0. The van der Waals surface area contributed by atoms with Gasteiger partial charge in [-0.2, -0.15) is 0 Å². The molecule has 0 aliphatic carbocycles. The molecule has 0 spiro atoms. The molecule has 4 unspecified atom stereocenters. The van der Waals surface area contributed by atoms with Gasteiger partial charge >= 0.3 is 5.97 Å². The summed E-state index contributed by atoms with van der Waals surface area (Å²) in [4.78, 5) is 70.8. The van der Waals surface area contributed by atoms with Crippen molar-refractivity contribution in [3.8, 4) is 0 Å². The van der Waals surface area contributed by atoms with Gasteiger partial charge in [0, 0.05) is 42.9 Å². The second-order valence-electron chi connectivity index (χ2n) is 10.8. The maximum absolute atomic E-state index is 13.7. The van der Waals surface area contributed by atoms with Crippen LogP contribution in [0.25, 0.3) is 10.9 Å². The molecule has 15 nitrogen and oxygen atoms in total. The number of carboxylic acid groups (broad SMARTS) is 1. The maximum atomic E-state index is 13.7. The molecule has 0 aliphatic rings. The SMILES string of the molecule is NC(=O)CCC(NC(=O)C(N)CCCN=C(N)N)C(=O)NC(Cc1c[nH]c2ccccc12)C(=O)NC(Cc1ccccc1)C(=O)O. The van der Waals surface area contributed by atoms with Gasteiger partial charge in [0.2, 0.25) is 23.6 Å². The van der Waals surface area contributed by atoms with Gasteiger partial charge in [0.1, 0.15) is 18.1 Å². The molecule has 0 radical (unpaired) electrons. The van der Waals surface area contributed by atoms with Gasteiger partial charge in [-0.15, -0.1) is 0 Å². The minimum absolute atomic E-state index is 0.00797. The summed E-state index contributed by atoms with van der Waals surface area (Å²) >= 11 is 0. The van der Waals surface area contributed by atoms with E-state index in [1.807, 2.05) is 24.3 Å². The molecule has 1 heterocycles. The van der Waals surface area contributed by atoms with Crippen molar-refractivity contribution >= 4 is 46.5 Å². The lowest BCUT2D eigenvalue weighted by atomic mass is 10.0. The molecule has 4 atom stereocenters. The number of H-pyrrole nitrogens is 1. The Morgan fingerprint density at radius 3 is 2.09 bits per heavy atom. The highest BCUT2D eigenvalue weighted by molar-refractivity contribution is 5.95. The highest BCUT2D eigenvalue weighted by Crippen LogP contribution is 2.19. The second kappa shape index (κ2) is 17.2. The number of nitrogens with two attached hydrogens (primary N) is 4. The lowest BCUT2D eigenvalue weighted by Gasteiger charge is -2.25. The summed E-state index contributed by atoms with van der Waals surface area (Å²) in [7, 11) is 0. The summed E-state index contributed by atoms with van der Waals surface area (Å²) in [5.74, 6) is -4.25. The first-order valence-corrected chi connectivity index (χ1v) is 14.8. The van der Waals surface area contributed by atoms with Crippen molar-refractivity contribution in [1.29, 1.82) is 0 Å². The van der Waals surface area contributed by atoms with Gasteiger partial charge in [0.05, 0.1) is 6.04 Å². The molecule has 13 N–H and O–H groups in total. The third-order valence-corrected chi connectivity index (χ3v) is 7.25. The van der Waals surface area contributed by atoms with E-state index in [0.717, 1.165) is 10.9 Å². The lowest BCUT2D eigenvalue weighted by molar-refractivity contribution is -0.142. The number of aliphatic imine (C=N–C) groups is 1. The van der Waals surface area contributed by atoms with E-state index in [4.69, 9.17) is 22.9 Å². The summed E-state index contributed by atoms with van der Waals surface area (Å²) in [5.41, 5.74) is 24.1. The van der Waals surface area contributed by atoms with Gasteiger partial charge in [0.25, 0.3) is 0 Å². The number of aliphatic carboxylic acids is 1. The van der Waals surface area contributed by atoms with Crippen LogP contribution in [-0.2, 0) is 36.8 Å². The summed E-state index contributed by atoms with van der Waals surface area (Å²) in [5, 5.41) is 18.4. The van der Waals surface area contributed by atoms with Gasteiger partial charge in [-0.05, 0) is 36.5 Å². The Hall–Kier alpha value is -5.44. The van der Waals surface area contributed by atoms with E-state index >= 15 is 0 Å². The molecule has 3 rings (SSSR count). The van der Waals surface area contributed by atoms with Crippen molar-refractivity contribution in [2.45, 2.75) is 62.7 Å². The molecule has 46 heavy (non-hydrogen) atoms. The van der Waals surface area contributed by atoms with Crippen LogP contribution in [0.15, 0.2) is 65.8 Å². The molecule has 246 valence electrons. The number of benzene rings is 2. The molecule has 0 fully saturated rings. The van der Waals surface area contributed by atoms with Crippen LogP contribution in [-0.4, -0.2) is 76.4 Å². The third kappa shape index (κ3) is 10.9. The van der Waals surface area contributed by atoms with E-state index in [-0.39, 0.29) is 44.6 Å². The molecule has 2 aromatic carbocycles. The number of para-hydroxylation sites is 1. The predicted molar refractivity (Wildman–Crippen MR) is 172 cm³/mol. The standard InChI is InChI=1S/C31H41N9O6/c32-21(10-6-14-36-31(34)35)27(42)38-23(12-13-26(33)41)28(43)39-24(16-19-17-37-22-11-5-4-9-20(19)22)29(44)40-25(30(45)46)15-18-7-2-1-3-8-18/h1-5,7-9,11,17,21,23-25,37H,6,10,12-16,32H2,(H2,33,41)(H,38,42)(H,39,43)(H,40,44)(H,45,46)(H4,34,35,36). The highest BCUT2D eigenvalue weighted by atomic mass is 16.4. The summed E-state index contributed by atoms with van der Waals surface area (Å²) in [6.45, 7) is 0.251. The quantitative estimate of drug-likeness (QED) is 0.0477. The Morgan fingerprint density at radius 2 is 1.41 bits per heavy atom. The minimum atomic E-state index is -1.29. The van der Waals surface area contributed by atoms with E-state index in [2.05, 4.69) is 25.9 Å². The highest BCUT2D eigenvalue weighted by Gasteiger charge is 2.31. The molecule has 0 saturated heterocycles. The van der Waals surface area contributed by atoms with Crippen LogP contribution in [0.5, 0.6) is 0 Å². The van der Waals surface area contributed by atoms with Crippen LogP contribution in [0, 0.1) is 0 Å². The normalized spacial score (nSPS) is 13.5. The third-order valence-electron chi connectivity index (χ3n) is 7.25. The fourth-order valence-corrected chi connectivity index (χ4v) is 4.81. The van der Waals surface area contributed by atoms with Crippen LogP contribution in [0.3, 0.4) is 0 Å². The van der Waals surface area contributed by atoms with Crippen molar-refractivity contribution < 1.29 is 29.1 Å². The average molecular weight is 636 g/mol. The van der Waals surface area contributed by atoms with Gasteiger partial charge in [0.15, 0.2) is 5.96 Å². The van der Waals surface area contributed by atoms with E-state index < -0.39 is 53.8 Å². The van der Waals surface area contributed by atoms with E-state index in [1.54, 1.807) is 36.5 Å². The minimum Gasteiger partial charge on any atom is -0.480 e. The fraction of sp³-hybridized carbons (Fsp3) is 0.355. The zero-order valence-corrected chi connectivity index (χ0v) is 25.3. The number of guanidine groups is 1. The van der Waals surface area contributed by atoms with Gasteiger partial charge in [-0.1, -0.05) is 48.5 Å². The van der Waals surface area contributed by atoms with Crippen LogP contribution < -0.4 is 38.9 Å². The summed E-state index contributed by atoms with van der Waals surface area (Å²) in [6, 6.07) is 11.3. The molecule has 0 saturated carbocycles. The zero-order chi connectivity index (χ0) is 33.6. The Kier molecular flexibility index (Phi) is 13.1. The number of aromatic nitrogens is 1.